The summed E-state index contributed by atoms with van der Waals surface area (Å²) >= 11 is 1.11. The number of fused-ring (bicyclic) bond motifs is 2. The van der Waals surface area contributed by atoms with Gasteiger partial charge in [-0.2, -0.15) is 4.68 Å². The van der Waals surface area contributed by atoms with Gasteiger partial charge in [-0.3, -0.25) is 19.8 Å². The van der Waals surface area contributed by atoms with Gasteiger partial charge in [0.1, 0.15) is 5.25 Å². The number of nitrogens with one attached hydrogen (secondary N) is 2. The van der Waals surface area contributed by atoms with E-state index in [4.69, 9.17) is 0 Å². The van der Waals surface area contributed by atoms with Crippen LogP contribution in [0.2, 0.25) is 0 Å². The Morgan fingerprint density at radius 3 is 2.65 bits per heavy atom. The van der Waals surface area contributed by atoms with Crippen LogP contribution in [0.25, 0.3) is 10.9 Å². The lowest BCUT2D eigenvalue weighted by Crippen LogP contribution is -2.44. The largest absolute Gasteiger partial charge is 0.326 e. The molecule has 0 unspecified atom stereocenters. The molecular weight excluding hydrogens is 352 g/mol. The Hall–Kier alpha value is -3.13. The molecule has 2 heterocycles. The van der Waals surface area contributed by atoms with Crippen molar-refractivity contribution in [1.29, 1.82) is 0 Å². The van der Waals surface area contributed by atoms with Crippen LogP contribution >= 0.6 is 11.8 Å². The van der Waals surface area contributed by atoms with E-state index < -0.39 is 11.2 Å². The fourth-order valence-corrected chi connectivity index (χ4v) is 3.72. The first-order valence-corrected chi connectivity index (χ1v) is 8.84. The lowest BCUT2D eigenvalue weighted by Gasteiger charge is -2.24. The highest BCUT2D eigenvalue weighted by atomic mass is 32.2. The second-order valence-electron chi connectivity index (χ2n) is 5.75. The number of carbonyl (C=O) groups is 2. The van der Waals surface area contributed by atoms with Gasteiger partial charge < -0.3 is 5.32 Å². The summed E-state index contributed by atoms with van der Waals surface area (Å²) in [6.07, 6.45) is -0.0198. The number of carbonyl (C=O) groups excluding carboxylic acids is 2. The minimum atomic E-state index is -0.660. The Labute approximate surface area is 152 Å². The summed E-state index contributed by atoms with van der Waals surface area (Å²) < 4.78 is 1.14. The van der Waals surface area contributed by atoms with Crippen LogP contribution in [0, 0.1) is 0 Å². The van der Waals surface area contributed by atoms with Crippen molar-refractivity contribution >= 4 is 40.2 Å². The highest BCUT2D eigenvalue weighted by Crippen LogP contribution is 2.28. The quantitative estimate of drug-likeness (QED) is 0.692. The average Bonchev–Trinajstić information content (AvgIpc) is 2.64. The van der Waals surface area contributed by atoms with Crippen LogP contribution in [-0.2, 0) is 9.59 Å². The summed E-state index contributed by atoms with van der Waals surface area (Å²) in [5.41, 5.74) is 3.43. The first-order chi connectivity index (χ1) is 12.6. The van der Waals surface area contributed by atoms with Gasteiger partial charge in [-0.1, -0.05) is 42.1 Å². The molecule has 2 aromatic carbocycles. The number of amides is 2. The zero-order valence-electron chi connectivity index (χ0n) is 13.5. The van der Waals surface area contributed by atoms with Gasteiger partial charge in [-0.05, 0) is 24.3 Å². The van der Waals surface area contributed by atoms with Crippen LogP contribution in [0.1, 0.15) is 6.42 Å². The van der Waals surface area contributed by atoms with Crippen molar-refractivity contribution in [3.05, 3.63) is 65.0 Å². The fourth-order valence-electron chi connectivity index (χ4n) is 2.69. The normalized spacial score (nSPS) is 16.0. The Balaban J connectivity index is 1.57. The van der Waals surface area contributed by atoms with Crippen molar-refractivity contribution in [2.75, 3.05) is 10.7 Å². The molecule has 8 heteroatoms. The molecule has 1 aromatic heterocycles. The number of hydrogen-bond donors (Lipinski definition) is 2. The summed E-state index contributed by atoms with van der Waals surface area (Å²) in [6, 6.07) is 16.0. The number of thioether (sulfide) groups is 1. The molecule has 2 N–H and O–H groups in total. The first kappa shape index (κ1) is 16.3. The van der Waals surface area contributed by atoms with Gasteiger partial charge in [0.15, 0.2) is 5.16 Å². The molecule has 0 fully saturated rings. The number of benzene rings is 2. The predicted octanol–water partition coefficient (Wildman–Crippen LogP) is 1.97. The lowest BCUT2D eigenvalue weighted by atomic mass is 10.2. The molecular formula is C18H14N4O3S. The molecule has 0 aliphatic carbocycles. The van der Waals surface area contributed by atoms with Crippen LogP contribution in [0.15, 0.2) is 64.5 Å². The molecule has 1 aliphatic rings. The van der Waals surface area contributed by atoms with Crippen LogP contribution in [0.5, 0.6) is 0 Å². The van der Waals surface area contributed by atoms with Gasteiger partial charge in [0.05, 0.1) is 10.9 Å². The maximum Gasteiger partial charge on any atom is 0.281 e. The van der Waals surface area contributed by atoms with E-state index in [0.29, 0.717) is 21.7 Å². The molecule has 0 saturated heterocycles. The first-order valence-electron chi connectivity index (χ1n) is 7.96. The SMILES string of the molecule is O=C(C[C@@H]1Sc2nc3ccccc3c(=O)n2NC1=O)Nc1ccccc1. The van der Waals surface area contributed by atoms with Gasteiger partial charge in [0.25, 0.3) is 11.5 Å². The van der Waals surface area contributed by atoms with Crippen molar-refractivity contribution in [2.24, 2.45) is 0 Å². The molecule has 4 rings (SSSR count). The molecule has 7 nitrogen and oxygen atoms in total. The molecule has 0 radical (unpaired) electrons. The van der Waals surface area contributed by atoms with Gasteiger partial charge in [-0.25, -0.2) is 4.98 Å². The molecule has 1 aliphatic heterocycles. The maximum atomic E-state index is 12.5. The second kappa shape index (κ2) is 6.64. The minimum absolute atomic E-state index is 0.0198. The third-order valence-corrected chi connectivity index (χ3v) is 5.09. The number of hydrogen-bond acceptors (Lipinski definition) is 5. The van der Waals surface area contributed by atoms with Crippen LogP contribution in [-0.4, -0.2) is 26.7 Å². The Morgan fingerprint density at radius 2 is 1.85 bits per heavy atom. The smallest absolute Gasteiger partial charge is 0.281 e. The zero-order chi connectivity index (χ0) is 18.1. The van der Waals surface area contributed by atoms with Crippen molar-refractivity contribution in [3.63, 3.8) is 0 Å². The topological polar surface area (TPSA) is 93.1 Å². The number of nitrogens with zero attached hydrogens (tertiary/aromatic N) is 2. The van der Waals surface area contributed by atoms with Crippen LogP contribution in [0.4, 0.5) is 5.69 Å². The third kappa shape index (κ3) is 3.06. The summed E-state index contributed by atoms with van der Waals surface area (Å²) in [5, 5.41) is 2.89. The van der Waals surface area contributed by atoms with E-state index in [1.165, 1.54) is 0 Å². The van der Waals surface area contributed by atoms with E-state index in [0.717, 1.165) is 16.4 Å². The highest BCUT2D eigenvalue weighted by Gasteiger charge is 2.31. The van der Waals surface area contributed by atoms with Crippen molar-refractivity contribution in [1.82, 2.24) is 9.66 Å². The van der Waals surface area contributed by atoms with Crippen molar-refractivity contribution in [2.45, 2.75) is 16.8 Å². The molecule has 0 bridgehead atoms. The Morgan fingerprint density at radius 1 is 1.12 bits per heavy atom. The summed E-state index contributed by atoms with van der Waals surface area (Å²) in [6.45, 7) is 0. The van der Waals surface area contributed by atoms with Crippen molar-refractivity contribution < 1.29 is 9.59 Å². The van der Waals surface area contributed by atoms with Gasteiger partial charge in [0, 0.05) is 12.1 Å². The van der Waals surface area contributed by atoms with E-state index >= 15 is 0 Å². The monoisotopic (exact) mass is 366 g/mol. The number of para-hydroxylation sites is 2. The number of rotatable bonds is 3. The number of aromatic nitrogens is 2. The fraction of sp³-hybridized carbons (Fsp3) is 0.111. The third-order valence-electron chi connectivity index (χ3n) is 3.94. The summed E-state index contributed by atoms with van der Waals surface area (Å²) in [7, 11) is 0. The standard InChI is InChI=1S/C18H14N4O3S/c23-15(19-11-6-2-1-3-7-11)10-14-16(24)21-22-17(25)12-8-4-5-9-13(12)20-18(22)26-14/h1-9,14H,10H2,(H,19,23)(H,21,24)/t14-/m0/s1. The minimum Gasteiger partial charge on any atom is -0.326 e. The molecule has 1 atom stereocenters. The molecule has 3 aromatic rings. The van der Waals surface area contributed by atoms with E-state index in [2.05, 4.69) is 15.7 Å². The molecule has 0 spiro atoms. The van der Waals surface area contributed by atoms with Gasteiger partial charge in [0.2, 0.25) is 5.91 Å². The van der Waals surface area contributed by atoms with E-state index in [1.807, 2.05) is 18.2 Å². The van der Waals surface area contributed by atoms with Crippen LogP contribution in [0.3, 0.4) is 0 Å². The van der Waals surface area contributed by atoms with E-state index in [1.54, 1.807) is 36.4 Å². The van der Waals surface area contributed by atoms with E-state index in [-0.39, 0.29) is 17.9 Å². The zero-order valence-corrected chi connectivity index (χ0v) is 14.3. The number of anilines is 1. The van der Waals surface area contributed by atoms with E-state index in [9.17, 15) is 14.4 Å². The molecule has 26 heavy (non-hydrogen) atoms. The average molecular weight is 366 g/mol. The highest BCUT2D eigenvalue weighted by molar-refractivity contribution is 8.00. The predicted molar refractivity (Wildman–Crippen MR) is 99.7 cm³/mol. The van der Waals surface area contributed by atoms with Crippen molar-refractivity contribution in [3.8, 4) is 0 Å². The maximum absolute atomic E-state index is 12.5. The Kier molecular flexibility index (Phi) is 4.18. The second-order valence-corrected chi connectivity index (χ2v) is 6.92. The summed E-state index contributed by atoms with van der Waals surface area (Å²) in [4.78, 5) is 41.5. The molecule has 130 valence electrons. The molecule has 2 amide bonds. The van der Waals surface area contributed by atoms with Gasteiger partial charge >= 0.3 is 0 Å². The molecule has 0 saturated carbocycles. The summed E-state index contributed by atoms with van der Waals surface area (Å²) in [5.74, 6) is -0.676. The van der Waals surface area contributed by atoms with Crippen LogP contribution < -0.4 is 16.3 Å². The van der Waals surface area contributed by atoms with Gasteiger partial charge in [-0.15, -0.1) is 0 Å². The Bertz CT molecular complexity index is 1060. The lowest BCUT2D eigenvalue weighted by molar-refractivity contribution is -0.121.